The molecule has 0 N–H and O–H groups in total. The molecule has 7 heteroatoms. The Balaban J connectivity index is 1.03. The van der Waals surface area contributed by atoms with Gasteiger partial charge in [-0.2, -0.15) is 0 Å². The largest absolute Gasteiger partial charge is 0.456 e. The first-order valence-corrected chi connectivity index (χ1v) is 28.0. The highest BCUT2D eigenvalue weighted by atomic mass is 16.7. The lowest BCUT2D eigenvalue weighted by Gasteiger charge is -2.45. The van der Waals surface area contributed by atoms with Crippen molar-refractivity contribution in [3.05, 3.63) is 240 Å². The summed E-state index contributed by atoms with van der Waals surface area (Å²) in [5, 5.41) is 1.07. The zero-order chi connectivity index (χ0) is 54.3. The van der Waals surface area contributed by atoms with Crippen LogP contribution in [0, 0.1) is 20.8 Å². The van der Waals surface area contributed by atoms with Crippen LogP contribution in [-0.2, 0) is 10.8 Å². The van der Waals surface area contributed by atoms with Gasteiger partial charge in [-0.3, -0.25) is 0 Å². The molecule has 388 valence electrons. The van der Waals surface area contributed by atoms with Crippen molar-refractivity contribution < 1.29 is 13.9 Å². The highest BCUT2D eigenvalue weighted by Gasteiger charge is 2.47. The molecular formula is C73H60BN3O3. The fourth-order valence-corrected chi connectivity index (χ4v) is 13.6. The van der Waals surface area contributed by atoms with Gasteiger partial charge in [-0.1, -0.05) is 150 Å². The number of ether oxygens (including phenoxy) is 2. The van der Waals surface area contributed by atoms with Crippen molar-refractivity contribution in [2.75, 3.05) is 21.5 Å². The van der Waals surface area contributed by atoms with Gasteiger partial charge < -0.3 is 28.6 Å². The van der Waals surface area contributed by atoms with Crippen molar-refractivity contribution in [3.63, 3.8) is 0 Å². The molecule has 0 spiro atoms. The highest BCUT2D eigenvalue weighted by molar-refractivity contribution is 7.00. The summed E-state index contributed by atoms with van der Waals surface area (Å²) in [5.41, 5.74) is 27.4. The fourth-order valence-electron chi connectivity index (χ4n) is 13.6. The molecule has 10 aromatic carbocycles. The van der Waals surface area contributed by atoms with E-state index in [9.17, 15) is 0 Å². The Morgan fingerprint density at radius 1 is 0.512 bits per heavy atom. The highest BCUT2D eigenvalue weighted by Crippen LogP contribution is 2.54. The summed E-state index contributed by atoms with van der Waals surface area (Å²) in [6.07, 6.45) is 0. The summed E-state index contributed by atoms with van der Waals surface area (Å²) in [5.74, 6) is 2.35. The van der Waals surface area contributed by atoms with Crippen LogP contribution in [0.4, 0.5) is 51.2 Å². The lowest BCUT2D eigenvalue weighted by atomic mass is 9.33. The van der Waals surface area contributed by atoms with Gasteiger partial charge in [0.25, 0.3) is 6.71 Å². The van der Waals surface area contributed by atoms with Gasteiger partial charge in [-0.15, -0.1) is 0 Å². The average Bonchev–Trinajstić information content (AvgIpc) is 4.27. The SMILES string of the molecule is Cc1cc2c3c(c1)N(c1c(C)cc(C(C)(C)C)cc1C)c1c(ccc4c1OCO4)B3c1ccc(N(c3ccccc3)c3ccccc3)cc1N2c1cc(-c2ccc3c(c2)C(C)(C)c2ccccc2-3)cc(-c2cc3ccccc3o2)c1. The van der Waals surface area contributed by atoms with Crippen LogP contribution in [0.5, 0.6) is 11.5 Å². The maximum Gasteiger partial charge on any atom is 0.252 e. The van der Waals surface area contributed by atoms with E-state index in [1.165, 1.54) is 55.3 Å². The Labute approximate surface area is 469 Å². The number of nitrogens with zero attached hydrogens (tertiary/aromatic N) is 3. The number of fused-ring (bicyclic) bond motifs is 10. The van der Waals surface area contributed by atoms with Gasteiger partial charge in [0.1, 0.15) is 11.3 Å². The number of para-hydroxylation sites is 3. The van der Waals surface area contributed by atoms with E-state index in [2.05, 4.69) is 270 Å². The lowest BCUT2D eigenvalue weighted by Crippen LogP contribution is -2.61. The summed E-state index contributed by atoms with van der Waals surface area (Å²) in [4.78, 5) is 7.43. The number of anilines is 9. The summed E-state index contributed by atoms with van der Waals surface area (Å²) in [6, 6.07) is 76.1. The van der Waals surface area contributed by atoms with Gasteiger partial charge in [0.15, 0.2) is 11.5 Å². The van der Waals surface area contributed by atoms with E-state index in [4.69, 9.17) is 13.9 Å². The van der Waals surface area contributed by atoms with Gasteiger partial charge in [0.2, 0.25) is 6.79 Å². The molecule has 0 bridgehead atoms. The minimum absolute atomic E-state index is 0.0317. The van der Waals surface area contributed by atoms with Gasteiger partial charge >= 0.3 is 0 Å². The van der Waals surface area contributed by atoms with Crippen molar-refractivity contribution in [3.8, 4) is 45.1 Å². The van der Waals surface area contributed by atoms with Crippen LogP contribution in [0.1, 0.15) is 68.0 Å². The summed E-state index contributed by atoms with van der Waals surface area (Å²) < 4.78 is 19.7. The van der Waals surface area contributed by atoms with E-state index in [1.54, 1.807) is 0 Å². The van der Waals surface area contributed by atoms with E-state index >= 15 is 0 Å². The number of rotatable bonds is 7. The van der Waals surface area contributed by atoms with E-state index in [-0.39, 0.29) is 24.3 Å². The van der Waals surface area contributed by atoms with Gasteiger partial charge in [0, 0.05) is 56.2 Å². The quantitative estimate of drug-likeness (QED) is 0.148. The molecule has 0 saturated carbocycles. The Morgan fingerprint density at radius 3 is 1.91 bits per heavy atom. The summed E-state index contributed by atoms with van der Waals surface area (Å²) in [7, 11) is 0. The van der Waals surface area contributed by atoms with Crippen molar-refractivity contribution in [1.82, 2.24) is 0 Å². The average molecular weight is 1040 g/mol. The zero-order valence-electron chi connectivity index (χ0n) is 46.5. The number of aryl methyl sites for hydroxylation is 3. The molecule has 1 aromatic heterocycles. The molecule has 3 aliphatic heterocycles. The lowest BCUT2D eigenvalue weighted by molar-refractivity contribution is 0.174. The molecule has 4 aliphatic rings. The first kappa shape index (κ1) is 48.0. The first-order valence-electron chi connectivity index (χ1n) is 28.0. The molecule has 15 rings (SSSR count). The second-order valence-corrected chi connectivity index (χ2v) is 23.9. The Kier molecular flexibility index (Phi) is 10.6. The van der Waals surface area contributed by atoms with Crippen molar-refractivity contribution in [2.45, 2.75) is 66.2 Å². The minimum Gasteiger partial charge on any atom is -0.456 e. The number of hydrogen-bond donors (Lipinski definition) is 0. The summed E-state index contributed by atoms with van der Waals surface area (Å²) >= 11 is 0. The van der Waals surface area contributed by atoms with Gasteiger partial charge in [-0.05, 0) is 189 Å². The molecule has 80 heavy (non-hydrogen) atoms. The topological polar surface area (TPSA) is 41.3 Å². The van der Waals surface area contributed by atoms with Crippen LogP contribution in [0.15, 0.2) is 211 Å². The standard InChI is InChI=1S/C73H60BN3O3/c1-44-33-63-68-64(34-44)77(69-45(2)35-51(36-46(69)3)72(4,5)6)70-61(31-32-66-71(70)79-43-78-66)74(68)60-30-28-54(75(52-20-11-9-12-21-52)53-22-13-10-14-23-53)42-62(60)76(63)55-38-49(37-50(39-55)67-41-48-19-15-18-26-65(48)80-67)47-27-29-57-56-24-16-17-25-58(56)73(7,8)59(57)40-47/h9-42H,43H2,1-8H3. The van der Waals surface area contributed by atoms with E-state index in [1.807, 2.05) is 6.07 Å². The van der Waals surface area contributed by atoms with Crippen molar-refractivity contribution in [2.24, 2.45) is 0 Å². The van der Waals surface area contributed by atoms with Gasteiger partial charge in [0.05, 0.1) is 11.4 Å². The van der Waals surface area contributed by atoms with Crippen LogP contribution >= 0.6 is 0 Å². The van der Waals surface area contributed by atoms with E-state index in [0.717, 1.165) is 102 Å². The molecule has 0 atom stereocenters. The molecule has 1 aliphatic carbocycles. The molecule has 11 aromatic rings. The maximum atomic E-state index is 6.84. The van der Waals surface area contributed by atoms with Crippen LogP contribution in [0.3, 0.4) is 0 Å². The number of benzene rings is 10. The normalized spacial score (nSPS) is 14.2. The molecule has 0 amide bonds. The van der Waals surface area contributed by atoms with Gasteiger partial charge in [-0.25, -0.2) is 0 Å². The monoisotopic (exact) mass is 1040 g/mol. The minimum atomic E-state index is -0.175. The molecule has 4 heterocycles. The third-order valence-corrected chi connectivity index (χ3v) is 17.4. The third kappa shape index (κ3) is 7.33. The second kappa shape index (κ2) is 17.7. The van der Waals surface area contributed by atoms with Crippen LogP contribution < -0.4 is 40.6 Å². The smallest absolute Gasteiger partial charge is 0.252 e. The molecule has 0 saturated heterocycles. The molecule has 0 unspecified atom stereocenters. The van der Waals surface area contributed by atoms with Crippen LogP contribution in [0.2, 0.25) is 0 Å². The number of hydrogen-bond acceptors (Lipinski definition) is 6. The first-order chi connectivity index (χ1) is 38.8. The van der Waals surface area contributed by atoms with E-state index < -0.39 is 0 Å². The maximum absolute atomic E-state index is 6.84. The number of furan rings is 1. The van der Waals surface area contributed by atoms with Crippen LogP contribution in [-0.4, -0.2) is 13.5 Å². The van der Waals surface area contributed by atoms with Crippen LogP contribution in [0.25, 0.3) is 44.5 Å². The van der Waals surface area contributed by atoms with Crippen molar-refractivity contribution >= 4 is 85.3 Å². The fraction of sp³-hybridized carbons (Fsp3) is 0.151. The third-order valence-electron chi connectivity index (χ3n) is 17.4. The van der Waals surface area contributed by atoms with Crippen molar-refractivity contribution in [1.29, 1.82) is 0 Å². The molecule has 0 radical (unpaired) electrons. The predicted octanol–water partition coefficient (Wildman–Crippen LogP) is 17.6. The predicted molar refractivity (Wildman–Crippen MR) is 332 cm³/mol. The Bertz CT molecular complexity index is 4270. The Hall–Kier alpha value is -9.20. The molecule has 6 nitrogen and oxygen atoms in total. The molecular weight excluding hydrogens is 978 g/mol. The van der Waals surface area contributed by atoms with E-state index in [0.29, 0.717) is 0 Å². The second-order valence-electron chi connectivity index (χ2n) is 23.9. The molecule has 0 fully saturated rings. The zero-order valence-corrected chi connectivity index (χ0v) is 46.5. The Morgan fingerprint density at radius 2 is 1.18 bits per heavy atom. The summed E-state index contributed by atoms with van der Waals surface area (Å²) in [6.45, 7) is 18.4.